The van der Waals surface area contributed by atoms with Gasteiger partial charge in [0.2, 0.25) is 0 Å². The molecular weight excluding hydrogens is 318 g/mol. The van der Waals surface area contributed by atoms with Crippen molar-refractivity contribution in [1.82, 2.24) is 0 Å². The lowest BCUT2D eigenvalue weighted by Gasteiger charge is -2.16. The molecule has 20 heavy (non-hydrogen) atoms. The number of carbonyl (C=O) groups is 2. The van der Waals surface area contributed by atoms with Gasteiger partial charge in [0, 0.05) is 11.0 Å². The number of hydrogen-bond donors (Lipinski definition) is 0. The van der Waals surface area contributed by atoms with Crippen LogP contribution < -0.4 is 4.90 Å². The lowest BCUT2D eigenvalue weighted by Crippen LogP contribution is -2.30. The first-order chi connectivity index (χ1) is 9.50. The van der Waals surface area contributed by atoms with Gasteiger partial charge in [-0.15, -0.1) is 0 Å². The summed E-state index contributed by atoms with van der Waals surface area (Å²) in [6.07, 6.45) is 4.44. The van der Waals surface area contributed by atoms with Crippen molar-refractivity contribution in [2.24, 2.45) is 5.92 Å². The minimum absolute atomic E-state index is 0.380. The first kappa shape index (κ1) is 15.2. The zero-order chi connectivity index (χ0) is 14.7. The van der Waals surface area contributed by atoms with E-state index in [2.05, 4.69) is 29.8 Å². The first-order valence-electron chi connectivity index (χ1n) is 7.16. The second-order valence-corrected chi connectivity index (χ2v) is 6.61. The van der Waals surface area contributed by atoms with Gasteiger partial charge in [-0.05, 0) is 30.5 Å². The molecule has 4 heteroatoms. The van der Waals surface area contributed by atoms with Gasteiger partial charge >= 0.3 is 0 Å². The molecule has 0 spiro atoms. The maximum atomic E-state index is 12.0. The Kier molecular flexibility index (Phi) is 4.97. The second-order valence-electron chi connectivity index (χ2n) is 5.69. The molecule has 1 aliphatic rings. The Labute approximate surface area is 128 Å². The highest BCUT2D eigenvalue weighted by atomic mass is 79.9. The van der Waals surface area contributed by atoms with Crippen molar-refractivity contribution < 1.29 is 9.59 Å². The molecule has 0 fully saturated rings. The molecule has 1 aliphatic heterocycles. The van der Waals surface area contributed by atoms with Crippen LogP contribution in [-0.2, 0) is 4.79 Å². The summed E-state index contributed by atoms with van der Waals surface area (Å²) in [5.41, 5.74) is 1.28. The van der Waals surface area contributed by atoms with Crippen LogP contribution in [0.25, 0.3) is 0 Å². The third-order valence-corrected chi connectivity index (χ3v) is 4.09. The number of halogens is 1. The van der Waals surface area contributed by atoms with E-state index >= 15 is 0 Å². The maximum Gasteiger partial charge on any atom is 0.299 e. The van der Waals surface area contributed by atoms with Crippen molar-refractivity contribution in [2.75, 3.05) is 11.4 Å². The Morgan fingerprint density at radius 1 is 1.15 bits per heavy atom. The molecule has 0 saturated heterocycles. The summed E-state index contributed by atoms with van der Waals surface area (Å²) in [5.74, 6) is -0.0432. The molecule has 1 amide bonds. The molecular formula is C16H20BrNO2. The van der Waals surface area contributed by atoms with Gasteiger partial charge in [-0.3, -0.25) is 9.59 Å². The number of benzene rings is 1. The number of carbonyl (C=O) groups excluding carboxylic acids is 2. The monoisotopic (exact) mass is 337 g/mol. The summed E-state index contributed by atoms with van der Waals surface area (Å²) in [6, 6.07) is 5.38. The number of amides is 1. The highest BCUT2D eigenvalue weighted by Crippen LogP contribution is 2.31. The number of hydrogen-bond acceptors (Lipinski definition) is 2. The number of anilines is 1. The molecule has 1 aromatic carbocycles. The van der Waals surface area contributed by atoms with E-state index in [4.69, 9.17) is 0 Å². The largest absolute Gasteiger partial charge is 0.305 e. The van der Waals surface area contributed by atoms with Gasteiger partial charge in [-0.2, -0.15) is 0 Å². The molecule has 0 saturated carbocycles. The van der Waals surface area contributed by atoms with Gasteiger partial charge in [0.1, 0.15) is 0 Å². The van der Waals surface area contributed by atoms with E-state index in [1.165, 1.54) is 12.8 Å². The average molecular weight is 338 g/mol. The van der Waals surface area contributed by atoms with E-state index in [1.807, 2.05) is 6.07 Å². The van der Waals surface area contributed by atoms with Gasteiger partial charge in [-0.1, -0.05) is 49.0 Å². The van der Waals surface area contributed by atoms with Gasteiger partial charge in [0.15, 0.2) is 0 Å². The highest BCUT2D eigenvalue weighted by molar-refractivity contribution is 9.10. The molecule has 3 nitrogen and oxygen atoms in total. The molecule has 0 radical (unpaired) electrons. The third-order valence-electron chi connectivity index (χ3n) is 3.60. The Bertz CT molecular complexity index is 525. The predicted molar refractivity (Wildman–Crippen MR) is 84.1 cm³/mol. The van der Waals surface area contributed by atoms with E-state index < -0.39 is 0 Å². The van der Waals surface area contributed by atoms with E-state index in [0.29, 0.717) is 12.1 Å². The van der Waals surface area contributed by atoms with Crippen molar-refractivity contribution in [3.05, 3.63) is 28.2 Å². The summed E-state index contributed by atoms with van der Waals surface area (Å²) >= 11 is 3.39. The molecule has 0 bridgehead atoms. The maximum absolute atomic E-state index is 12.0. The van der Waals surface area contributed by atoms with E-state index in [0.717, 1.165) is 28.9 Å². The van der Waals surface area contributed by atoms with Crippen LogP contribution in [0.15, 0.2) is 22.7 Å². The molecule has 1 aromatic rings. The number of rotatable bonds is 6. The molecule has 0 N–H and O–H groups in total. The van der Waals surface area contributed by atoms with Gasteiger partial charge in [-0.25, -0.2) is 0 Å². The van der Waals surface area contributed by atoms with Crippen LogP contribution in [0.1, 0.15) is 49.9 Å². The van der Waals surface area contributed by atoms with Crippen LogP contribution in [0.3, 0.4) is 0 Å². The zero-order valence-corrected chi connectivity index (χ0v) is 13.6. The molecule has 1 heterocycles. The fourth-order valence-corrected chi connectivity index (χ4v) is 2.84. The standard InChI is InChI=1S/C16H20BrNO2/c1-11(2)6-4-3-5-9-18-14-10-12(17)7-8-13(14)15(19)16(18)20/h7-8,10-11H,3-6,9H2,1-2H3. The van der Waals surface area contributed by atoms with E-state index in [1.54, 1.807) is 17.0 Å². The first-order valence-corrected chi connectivity index (χ1v) is 7.95. The van der Waals surface area contributed by atoms with Crippen LogP contribution in [0.5, 0.6) is 0 Å². The summed E-state index contributed by atoms with van der Waals surface area (Å²) < 4.78 is 0.892. The number of Topliss-reactive ketones (excluding diaryl/α,β-unsaturated/α-hetero) is 1. The van der Waals surface area contributed by atoms with Crippen molar-refractivity contribution in [3.8, 4) is 0 Å². The number of nitrogens with zero attached hydrogens (tertiary/aromatic N) is 1. The molecule has 0 aromatic heterocycles. The van der Waals surface area contributed by atoms with Crippen molar-refractivity contribution in [2.45, 2.75) is 39.5 Å². The highest BCUT2D eigenvalue weighted by Gasteiger charge is 2.35. The van der Waals surface area contributed by atoms with Crippen LogP contribution in [-0.4, -0.2) is 18.2 Å². The second kappa shape index (κ2) is 6.53. The summed E-state index contributed by atoms with van der Waals surface area (Å²) in [4.78, 5) is 25.5. The van der Waals surface area contributed by atoms with Crippen LogP contribution in [0.2, 0.25) is 0 Å². The minimum atomic E-state index is -0.387. The quantitative estimate of drug-likeness (QED) is 0.576. The lowest BCUT2D eigenvalue weighted by molar-refractivity contribution is -0.114. The molecule has 2 rings (SSSR count). The Balaban J connectivity index is 1.97. The minimum Gasteiger partial charge on any atom is -0.305 e. The molecule has 108 valence electrons. The Morgan fingerprint density at radius 2 is 1.90 bits per heavy atom. The molecule has 0 atom stereocenters. The van der Waals surface area contributed by atoms with Crippen LogP contribution in [0, 0.1) is 5.92 Å². The smallest absolute Gasteiger partial charge is 0.299 e. The average Bonchev–Trinajstić information content (AvgIpc) is 2.62. The van der Waals surface area contributed by atoms with E-state index in [9.17, 15) is 9.59 Å². The van der Waals surface area contributed by atoms with Crippen molar-refractivity contribution in [1.29, 1.82) is 0 Å². The fraction of sp³-hybridized carbons (Fsp3) is 0.500. The van der Waals surface area contributed by atoms with Crippen molar-refractivity contribution >= 4 is 33.3 Å². The van der Waals surface area contributed by atoms with Crippen molar-refractivity contribution in [3.63, 3.8) is 0 Å². The Hall–Kier alpha value is -1.16. The fourth-order valence-electron chi connectivity index (χ4n) is 2.49. The van der Waals surface area contributed by atoms with Gasteiger partial charge in [0.25, 0.3) is 11.7 Å². The summed E-state index contributed by atoms with van der Waals surface area (Å²) in [6.45, 7) is 5.07. The Morgan fingerprint density at radius 3 is 2.60 bits per heavy atom. The topological polar surface area (TPSA) is 37.4 Å². The summed E-state index contributed by atoms with van der Waals surface area (Å²) in [7, 11) is 0. The van der Waals surface area contributed by atoms with Gasteiger partial charge in [0.05, 0.1) is 11.3 Å². The molecule has 0 unspecified atom stereocenters. The number of unbranched alkanes of at least 4 members (excludes halogenated alkanes) is 2. The molecule has 0 aliphatic carbocycles. The predicted octanol–water partition coefficient (Wildman–Crippen LogP) is 4.19. The van der Waals surface area contributed by atoms with Gasteiger partial charge < -0.3 is 4.90 Å². The zero-order valence-electron chi connectivity index (χ0n) is 12.0. The van der Waals surface area contributed by atoms with Crippen LogP contribution in [0.4, 0.5) is 5.69 Å². The third kappa shape index (κ3) is 3.29. The van der Waals surface area contributed by atoms with Crippen LogP contribution >= 0.6 is 15.9 Å². The number of ketones is 1. The van der Waals surface area contributed by atoms with E-state index in [-0.39, 0.29) is 11.7 Å². The summed E-state index contributed by atoms with van der Waals surface area (Å²) in [5, 5.41) is 0. The lowest BCUT2D eigenvalue weighted by atomic mass is 10.1. The number of fused-ring (bicyclic) bond motifs is 1. The SMILES string of the molecule is CC(C)CCCCCN1C(=O)C(=O)c2ccc(Br)cc21. The normalized spacial score (nSPS) is 14.3.